The Bertz CT molecular complexity index is 314. The predicted molar refractivity (Wildman–Crippen MR) is 85.9 cm³/mol. The van der Waals surface area contributed by atoms with Gasteiger partial charge in [-0.3, -0.25) is 4.18 Å². The van der Waals surface area contributed by atoms with Crippen LogP contribution in [0.5, 0.6) is 0 Å². The summed E-state index contributed by atoms with van der Waals surface area (Å²) in [4.78, 5) is 0. The summed E-state index contributed by atoms with van der Waals surface area (Å²) in [6, 6.07) is 0. The molecule has 0 aliphatic carbocycles. The van der Waals surface area contributed by atoms with Gasteiger partial charge in [-0.25, -0.2) is 8.42 Å². The quantitative estimate of drug-likeness (QED) is 0.247. The van der Waals surface area contributed by atoms with E-state index >= 15 is 0 Å². The van der Waals surface area contributed by atoms with Crippen molar-refractivity contribution < 1.29 is 17.2 Å². The van der Waals surface area contributed by atoms with Gasteiger partial charge in [0, 0.05) is 0 Å². The second-order valence-electron chi connectivity index (χ2n) is 5.96. The van der Waals surface area contributed by atoms with Crippen molar-refractivity contribution in [3.8, 4) is 0 Å². The SMILES string of the molecule is CCCCCCCCC(CCCCCC)COS(=O)(=O)[O-]. The molecule has 0 heterocycles. The minimum Gasteiger partial charge on any atom is -0.726 e. The molecule has 0 amide bonds. The van der Waals surface area contributed by atoms with E-state index in [1.54, 1.807) is 0 Å². The fourth-order valence-corrected chi connectivity index (χ4v) is 2.92. The van der Waals surface area contributed by atoms with Crippen LogP contribution in [0.15, 0.2) is 0 Å². The Morgan fingerprint density at radius 3 is 1.71 bits per heavy atom. The van der Waals surface area contributed by atoms with Gasteiger partial charge in [-0.15, -0.1) is 0 Å². The maximum Gasteiger partial charge on any atom is 0.217 e. The monoisotopic (exact) mass is 321 g/mol. The van der Waals surface area contributed by atoms with Gasteiger partial charge in [-0.05, 0) is 18.8 Å². The second-order valence-corrected chi connectivity index (χ2v) is 7.02. The molecule has 0 aromatic heterocycles. The van der Waals surface area contributed by atoms with Gasteiger partial charge in [0.2, 0.25) is 10.4 Å². The lowest BCUT2D eigenvalue weighted by Gasteiger charge is -2.18. The maximum atomic E-state index is 10.6. The van der Waals surface area contributed by atoms with E-state index in [1.165, 1.54) is 51.4 Å². The van der Waals surface area contributed by atoms with Gasteiger partial charge in [0.15, 0.2) is 0 Å². The van der Waals surface area contributed by atoms with E-state index < -0.39 is 10.4 Å². The van der Waals surface area contributed by atoms with Crippen LogP contribution < -0.4 is 0 Å². The maximum absolute atomic E-state index is 10.6. The average molecular weight is 322 g/mol. The highest BCUT2D eigenvalue weighted by atomic mass is 32.3. The van der Waals surface area contributed by atoms with Crippen LogP contribution in [0.4, 0.5) is 0 Å². The molecule has 0 aromatic carbocycles. The number of hydrogen-bond donors (Lipinski definition) is 0. The van der Waals surface area contributed by atoms with E-state index in [9.17, 15) is 13.0 Å². The second kappa shape index (κ2) is 13.5. The zero-order valence-corrected chi connectivity index (χ0v) is 14.6. The van der Waals surface area contributed by atoms with Crippen molar-refractivity contribution in [2.24, 2.45) is 5.92 Å². The Labute approximate surface area is 131 Å². The fraction of sp³-hybridized carbons (Fsp3) is 1.00. The van der Waals surface area contributed by atoms with Crippen molar-refractivity contribution in [2.75, 3.05) is 6.61 Å². The number of hydrogen-bond acceptors (Lipinski definition) is 4. The summed E-state index contributed by atoms with van der Waals surface area (Å²) >= 11 is 0. The van der Waals surface area contributed by atoms with Gasteiger partial charge in [0.1, 0.15) is 0 Å². The van der Waals surface area contributed by atoms with Gasteiger partial charge >= 0.3 is 0 Å². The van der Waals surface area contributed by atoms with E-state index in [1.807, 2.05) is 0 Å². The molecule has 5 heteroatoms. The molecule has 0 saturated carbocycles. The van der Waals surface area contributed by atoms with E-state index in [0.717, 1.165) is 25.7 Å². The Kier molecular flexibility index (Phi) is 13.4. The predicted octanol–water partition coefficient (Wildman–Crippen LogP) is 4.80. The summed E-state index contributed by atoms with van der Waals surface area (Å²) in [7, 11) is -4.55. The molecule has 4 nitrogen and oxygen atoms in total. The molecule has 0 fully saturated rings. The molecular formula is C16H33O4S-. The minimum atomic E-state index is -4.55. The smallest absolute Gasteiger partial charge is 0.217 e. The molecule has 21 heavy (non-hydrogen) atoms. The van der Waals surface area contributed by atoms with Gasteiger partial charge in [-0.1, -0.05) is 78.1 Å². The molecule has 0 aromatic rings. The molecule has 0 N–H and O–H groups in total. The van der Waals surface area contributed by atoms with Crippen molar-refractivity contribution in [2.45, 2.75) is 90.9 Å². The van der Waals surface area contributed by atoms with E-state index in [0.29, 0.717) is 0 Å². The highest BCUT2D eigenvalue weighted by Gasteiger charge is 2.10. The first-order valence-electron chi connectivity index (χ1n) is 8.59. The van der Waals surface area contributed by atoms with Crippen LogP contribution in [0.2, 0.25) is 0 Å². The lowest BCUT2D eigenvalue weighted by atomic mass is 9.95. The summed E-state index contributed by atoms with van der Waals surface area (Å²) in [6.45, 7) is 4.43. The normalized spacial score (nSPS) is 13.5. The minimum absolute atomic E-state index is 0.0624. The topological polar surface area (TPSA) is 66.4 Å². The molecule has 0 spiro atoms. The molecule has 128 valence electrons. The summed E-state index contributed by atoms with van der Waals surface area (Å²) < 4.78 is 36.2. The van der Waals surface area contributed by atoms with Crippen LogP contribution in [0.1, 0.15) is 90.9 Å². The fourth-order valence-electron chi connectivity index (χ4n) is 2.56. The third kappa shape index (κ3) is 16.1. The molecule has 1 atom stereocenters. The largest absolute Gasteiger partial charge is 0.726 e. The molecule has 1 unspecified atom stereocenters. The van der Waals surface area contributed by atoms with Crippen molar-refractivity contribution in [1.29, 1.82) is 0 Å². The van der Waals surface area contributed by atoms with Crippen LogP contribution in [0.25, 0.3) is 0 Å². The van der Waals surface area contributed by atoms with Crippen molar-refractivity contribution in [1.82, 2.24) is 0 Å². The first-order valence-corrected chi connectivity index (χ1v) is 9.93. The molecule has 0 rings (SSSR count). The Morgan fingerprint density at radius 1 is 0.810 bits per heavy atom. The van der Waals surface area contributed by atoms with Crippen molar-refractivity contribution >= 4 is 10.4 Å². The summed E-state index contributed by atoms with van der Waals surface area (Å²) in [6.07, 6.45) is 14.0. The van der Waals surface area contributed by atoms with Crippen LogP contribution in [0, 0.1) is 5.92 Å². The van der Waals surface area contributed by atoms with Crippen LogP contribution >= 0.6 is 0 Å². The van der Waals surface area contributed by atoms with Crippen LogP contribution in [-0.4, -0.2) is 19.6 Å². The number of rotatable bonds is 15. The van der Waals surface area contributed by atoms with E-state index in [4.69, 9.17) is 0 Å². The van der Waals surface area contributed by atoms with Gasteiger partial charge < -0.3 is 4.55 Å². The summed E-state index contributed by atoms with van der Waals surface area (Å²) in [5, 5.41) is 0. The third-order valence-electron chi connectivity index (χ3n) is 3.88. The number of unbranched alkanes of at least 4 members (excludes halogenated alkanes) is 8. The summed E-state index contributed by atoms with van der Waals surface area (Å²) in [5.74, 6) is 0.205. The van der Waals surface area contributed by atoms with Gasteiger partial charge in [0.25, 0.3) is 0 Å². The Morgan fingerprint density at radius 2 is 1.24 bits per heavy atom. The molecule has 0 aliphatic rings. The first kappa shape index (κ1) is 20.9. The zero-order valence-electron chi connectivity index (χ0n) is 13.8. The molecular weight excluding hydrogens is 288 g/mol. The van der Waals surface area contributed by atoms with E-state index in [2.05, 4.69) is 18.0 Å². The standard InChI is InChI=1S/C16H34O4S/c1-3-5-7-9-10-12-14-16(13-11-8-6-4-2)15-20-21(17,18)19/h16H,3-15H2,1-2H3,(H,17,18,19)/p-1. The first-order chi connectivity index (χ1) is 9.99. The van der Waals surface area contributed by atoms with Crippen LogP contribution in [-0.2, 0) is 14.6 Å². The Balaban J connectivity index is 3.88. The average Bonchev–Trinajstić information content (AvgIpc) is 2.42. The Hall–Kier alpha value is -0.130. The molecule has 0 aliphatic heterocycles. The zero-order chi connectivity index (χ0) is 16.0. The lowest BCUT2D eigenvalue weighted by Crippen LogP contribution is -2.14. The molecule has 0 radical (unpaired) electrons. The van der Waals surface area contributed by atoms with Gasteiger partial charge in [-0.2, -0.15) is 0 Å². The highest BCUT2D eigenvalue weighted by molar-refractivity contribution is 7.80. The third-order valence-corrected chi connectivity index (χ3v) is 4.30. The molecule has 0 bridgehead atoms. The lowest BCUT2D eigenvalue weighted by molar-refractivity contribution is 0.201. The summed E-state index contributed by atoms with van der Waals surface area (Å²) in [5.41, 5.74) is 0. The highest BCUT2D eigenvalue weighted by Crippen LogP contribution is 2.19. The van der Waals surface area contributed by atoms with Gasteiger partial charge in [0.05, 0.1) is 6.61 Å². The molecule has 0 saturated heterocycles. The van der Waals surface area contributed by atoms with E-state index in [-0.39, 0.29) is 12.5 Å². The van der Waals surface area contributed by atoms with Crippen LogP contribution in [0.3, 0.4) is 0 Å². The van der Waals surface area contributed by atoms with Crippen molar-refractivity contribution in [3.05, 3.63) is 0 Å². The van der Waals surface area contributed by atoms with Crippen molar-refractivity contribution in [3.63, 3.8) is 0 Å².